The third-order valence-corrected chi connectivity index (χ3v) is 3.62. The van der Waals surface area contributed by atoms with Crippen molar-refractivity contribution in [1.82, 2.24) is 4.72 Å². The molecule has 1 atom stereocenters. The molecule has 0 spiro atoms. The van der Waals surface area contributed by atoms with E-state index < -0.39 is 15.3 Å². The highest BCUT2D eigenvalue weighted by Gasteiger charge is 2.19. The third kappa shape index (κ3) is 3.22. The molecule has 0 aliphatic carbocycles. The lowest BCUT2D eigenvalue weighted by atomic mass is 10.2. The lowest BCUT2D eigenvalue weighted by molar-refractivity contribution is 0.474. The van der Waals surface area contributed by atoms with Gasteiger partial charge in [-0.15, -0.1) is 0 Å². The van der Waals surface area contributed by atoms with E-state index in [1.54, 1.807) is 18.2 Å². The van der Waals surface area contributed by atoms with Gasteiger partial charge in [0.1, 0.15) is 5.75 Å². The Labute approximate surface area is 94.4 Å². The fourth-order valence-electron chi connectivity index (χ4n) is 1.04. The maximum absolute atomic E-state index is 11.4. The smallest absolute Gasteiger partial charge is 0.227 e. The number of phenols is 1. The van der Waals surface area contributed by atoms with Crippen molar-refractivity contribution >= 4 is 10.0 Å². The van der Waals surface area contributed by atoms with Gasteiger partial charge in [-0.25, -0.2) is 13.1 Å². The number of sulfonamides is 1. The second-order valence-electron chi connectivity index (χ2n) is 3.31. The van der Waals surface area contributed by atoms with Crippen LogP contribution < -0.4 is 4.72 Å². The summed E-state index contributed by atoms with van der Waals surface area (Å²) in [6, 6.07) is 7.90. The topological polar surface area (TPSA) is 90.2 Å². The zero-order valence-electron chi connectivity index (χ0n) is 8.71. The number of hydrogen-bond donors (Lipinski definition) is 2. The summed E-state index contributed by atoms with van der Waals surface area (Å²) in [5.41, 5.74) is 0.633. The Morgan fingerprint density at radius 1 is 1.56 bits per heavy atom. The fourth-order valence-corrected chi connectivity index (χ4v) is 1.80. The van der Waals surface area contributed by atoms with Gasteiger partial charge in [-0.3, -0.25) is 0 Å². The van der Waals surface area contributed by atoms with E-state index in [9.17, 15) is 8.42 Å². The Hall–Kier alpha value is -1.58. The SMILES string of the molecule is CC(C#N)S(=O)(=O)NCc1cccc(O)c1. The summed E-state index contributed by atoms with van der Waals surface area (Å²) in [4.78, 5) is 0. The number of phenolic OH excluding ortho intramolecular Hbond substituents is 1. The fraction of sp³-hybridized carbons (Fsp3) is 0.300. The van der Waals surface area contributed by atoms with Gasteiger partial charge in [0.15, 0.2) is 5.25 Å². The highest BCUT2D eigenvalue weighted by Crippen LogP contribution is 2.11. The van der Waals surface area contributed by atoms with Crippen LogP contribution in [-0.2, 0) is 16.6 Å². The molecule has 0 heterocycles. The summed E-state index contributed by atoms with van der Waals surface area (Å²) in [6.45, 7) is 1.37. The molecule has 0 fully saturated rings. The molecule has 0 radical (unpaired) electrons. The molecule has 1 unspecified atom stereocenters. The molecule has 0 bridgehead atoms. The van der Waals surface area contributed by atoms with Crippen molar-refractivity contribution in [3.8, 4) is 11.8 Å². The van der Waals surface area contributed by atoms with Gasteiger partial charge in [0.2, 0.25) is 10.0 Å². The van der Waals surface area contributed by atoms with E-state index in [1.807, 2.05) is 0 Å². The maximum atomic E-state index is 11.4. The van der Waals surface area contributed by atoms with Gasteiger partial charge >= 0.3 is 0 Å². The van der Waals surface area contributed by atoms with E-state index in [4.69, 9.17) is 10.4 Å². The Balaban J connectivity index is 2.69. The second kappa shape index (κ2) is 4.96. The van der Waals surface area contributed by atoms with Crippen LogP contribution in [0.15, 0.2) is 24.3 Å². The predicted molar refractivity (Wildman–Crippen MR) is 58.9 cm³/mol. The first kappa shape index (κ1) is 12.5. The highest BCUT2D eigenvalue weighted by atomic mass is 32.2. The van der Waals surface area contributed by atoms with Crippen LogP contribution in [0, 0.1) is 11.3 Å². The first-order valence-electron chi connectivity index (χ1n) is 4.61. The van der Waals surface area contributed by atoms with Crippen molar-refractivity contribution in [2.45, 2.75) is 18.7 Å². The molecule has 86 valence electrons. The molecule has 5 nitrogen and oxygen atoms in total. The molecular formula is C10H12N2O3S. The van der Waals surface area contributed by atoms with Crippen LogP contribution in [0.5, 0.6) is 5.75 Å². The van der Waals surface area contributed by atoms with Gasteiger partial charge in [-0.05, 0) is 24.6 Å². The summed E-state index contributed by atoms with van der Waals surface area (Å²) < 4.78 is 25.1. The standard InChI is InChI=1S/C10H12N2O3S/c1-8(6-11)16(14,15)12-7-9-3-2-4-10(13)5-9/h2-5,8,12-13H,7H2,1H3. The third-order valence-electron chi connectivity index (χ3n) is 2.04. The van der Waals surface area contributed by atoms with Crippen LogP contribution in [0.25, 0.3) is 0 Å². The lowest BCUT2D eigenvalue weighted by Crippen LogP contribution is -2.31. The Morgan fingerprint density at radius 2 is 2.25 bits per heavy atom. The van der Waals surface area contributed by atoms with Gasteiger partial charge in [-0.1, -0.05) is 12.1 Å². The number of rotatable bonds is 4. The molecule has 0 amide bonds. The van der Waals surface area contributed by atoms with Gasteiger partial charge in [0, 0.05) is 6.54 Å². The van der Waals surface area contributed by atoms with E-state index in [-0.39, 0.29) is 12.3 Å². The predicted octanol–water partition coefficient (Wildman–Crippen LogP) is 0.724. The molecular weight excluding hydrogens is 228 g/mol. The average molecular weight is 240 g/mol. The van der Waals surface area contributed by atoms with E-state index >= 15 is 0 Å². The minimum absolute atomic E-state index is 0.0583. The van der Waals surface area contributed by atoms with Crippen molar-refractivity contribution in [3.05, 3.63) is 29.8 Å². The van der Waals surface area contributed by atoms with Crippen LogP contribution >= 0.6 is 0 Å². The van der Waals surface area contributed by atoms with Crippen molar-refractivity contribution < 1.29 is 13.5 Å². The first-order chi connectivity index (χ1) is 7.45. The van der Waals surface area contributed by atoms with Crippen LogP contribution in [0.3, 0.4) is 0 Å². The lowest BCUT2D eigenvalue weighted by Gasteiger charge is -2.07. The number of hydrogen-bond acceptors (Lipinski definition) is 4. The Bertz CT molecular complexity index is 505. The minimum Gasteiger partial charge on any atom is -0.508 e. The Morgan fingerprint density at radius 3 is 2.81 bits per heavy atom. The van der Waals surface area contributed by atoms with Gasteiger partial charge < -0.3 is 5.11 Å². The van der Waals surface area contributed by atoms with Gasteiger partial charge in [0.05, 0.1) is 6.07 Å². The maximum Gasteiger partial charge on any atom is 0.227 e. The number of benzene rings is 1. The summed E-state index contributed by atoms with van der Waals surface area (Å²) in [7, 11) is -3.61. The molecule has 0 aromatic heterocycles. The highest BCUT2D eigenvalue weighted by molar-refractivity contribution is 7.90. The molecule has 1 rings (SSSR count). The molecule has 1 aromatic carbocycles. The molecule has 16 heavy (non-hydrogen) atoms. The van der Waals surface area contributed by atoms with Crippen LogP contribution in [-0.4, -0.2) is 18.8 Å². The summed E-state index contributed by atoms with van der Waals surface area (Å²) in [6.07, 6.45) is 0. The number of nitriles is 1. The van der Waals surface area contributed by atoms with Gasteiger partial charge in [-0.2, -0.15) is 5.26 Å². The van der Waals surface area contributed by atoms with Crippen LogP contribution in [0.4, 0.5) is 0 Å². The molecule has 0 aliphatic heterocycles. The molecule has 0 saturated heterocycles. The molecule has 1 aromatic rings. The van der Waals surface area contributed by atoms with Crippen molar-refractivity contribution in [3.63, 3.8) is 0 Å². The minimum atomic E-state index is -3.61. The second-order valence-corrected chi connectivity index (χ2v) is 5.39. The molecule has 2 N–H and O–H groups in total. The molecule has 6 heteroatoms. The average Bonchev–Trinajstić information content (AvgIpc) is 2.25. The Kier molecular flexibility index (Phi) is 3.88. The van der Waals surface area contributed by atoms with Crippen LogP contribution in [0.1, 0.15) is 12.5 Å². The van der Waals surface area contributed by atoms with Crippen molar-refractivity contribution in [2.24, 2.45) is 0 Å². The molecule has 0 saturated carbocycles. The number of nitrogens with zero attached hydrogens (tertiary/aromatic N) is 1. The number of nitrogens with one attached hydrogen (secondary N) is 1. The largest absolute Gasteiger partial charge is 0.508 e. The van der Waals surface area contributed by atoms with E-state index in [2.05, 4.69) is 4.72 Å². The van der Waals surface area contributed by atoms with Crippen molar-refractivity contribution in [2.75, 3.05) is 0 Å². The zero-order valence-corrected chi connectivity index (χ0v) is 9.53. The summed E-state index contributed by atoms with van der Waals surface area (Å²) in [5, 5.41) is 16.6. The monoisotopic (exact) mass is 240 g/mol. The quantitative estimate of drug-likeness (QED) is 0.811. The van der Waals surface area contributed by atoms with E-state index in [1.165, 1.54) is 19.1 Å². The first-order valence-corrected chi connectivity index (χ1v) is 6.16. The zero-order chi connectivity index (χ0) is 12.2. The summed E-state index contributed by atoms with van der Waals surface area (Å²) >= 11 is 0. The summed E-state index contributed by atoms with van der Waals surface area (Å²) in [5.74, 6) is 0.0741. The van der Waals surface area contributed by atoms with E-state index in [0.717, 1.165) is 0 Å². The molecule has 0 aliphatic rings. The number of aromatic hydroxyl groups is 1. The normalized spacial score (nSPS) is 13.0. The van der Waals surface area contributed by atoms with Gasteiger partial charge in [0.25, 0.3) is 0 Å². The van der Waals surface area contributed by atoms with Crippen LogP contribution in [0.2, 0.25) is 0 Å². The van der Waals surface area contributed by atoms with E-state index in [0.29, 0.717) is 5.56 Å². The van der Waals surface area contributed by atoms with Crippen molar-refractivity contribution in [1.29, 1.82) is 5.26 Å².